The van der Waals surface area contributed by atoms with E-state index in [1.54, 1.807) is 37.0 Å². The summed E-state index contributed by atoms with van der Waals surface area (Å²) in [7, 11) is 1.53. The van der Waals surface area contributed by atoms with Gasteiger partial charge in [-0.05, 0) is 61.9 Å². The van der Waals surface area contributed by atoms with Crippen molar-refractivity contribution in [2.24, 2.45) is 5.92 Å². The number of hydrogen-bond donors (Lipinski definition) is 3. The van der Waals surface area contributed by atoms with Crippen LogP contribution in [0.3, 0.4) is 0 Å². The maximum Gasteiger partial charge on any atom is 0.252 e. The van der Waals surface area contributed by atoms with Crippen LogP contribution in [0.15, 0.2) is 66.7 Å². The van der Waals surface area contributed by atoms with Crippen LogP contribution in [-0.2, 0) is 46.5 Å². The van der Waals surface area contributed by atoms with Crippen LogP contribution in [-0.4, -0.2) is 84.6 Å². The molecule has 4 atom stereocenters. The normalized spacial score (nSPS) is 16.0. The number of ether oxygens (including phenoxy) is 1. The van der Waals surface area contributed by atoms with Crippen LogP contribution in [0.25, 0.3) is 0 Å². The molecule has 12 heteroatoms. The van der Waals surface area contributed by atoms with Crippen molar-refractivity contribution < 1.29 is 33.5 Å². The minimum Gasteiger partial charge on any atom is -0.378 e. The monoisotopic (exact) mass is 675 g/mol. The van der Waals surface area contributed by atoms with E-state index in [4.69, 9.17) is 4.74 Å². The second-order valence-corrected chi connectivity index (χ2v) is 12.2. The summed E-state index contributed by atoms with van der Waals surface area (Å²) in [4.78, 5) is 76.5. The van der Waals surface area contributed by atoms with Gasteiger partial charge >= 0.3 is 0 Å². The minimum atomic E-state index is -0.866. The molecule has 0 aromatic heterocycles. The minimum absolute atomic E-state index is 0.106. The third kappa shape index (κ3) is 12.3. The number of carbonyl (C=O) groups excluding carboxylic acids is 6. The summed E-state index contributed by atoms with van der Waals surface area (Å²) < 4.78 is 5.69. The predicted octanol–water partition coefficient (Wildman–Crippen LogP) is 3.36. The van der Waals surface area contributed by atoms with Gasteiger partial charge in [0.15, 0.2) is 0 Å². The molecule has 0 aliphatic carbocycles. The highest BCUT2D eigenvalue weighted by Gasteiger charge is 2.38. The number of allylic oxidation sites excluding steroid dienone is 1. The first-order chi connectivity index (χ1) is 23.7. The van der Waals surface area contributed by atoms with Crippen LogP contribution in [0.1, 0.15) is 63.5 Å². The summed E-state index contributed by atoms with van der Waals surface area (Å²) in [6.45, 7) is 4.71. The van der Waals surface area contributed by atoms with Gasteiger partial charge in [-0.3, -0.25) is 33.7 Å². The van der Waals surface area contributed by atoms with E-state index in [0.29, 0.717) is 57.4 Å². The number of imide groups is 1. The number of nitrogens with zero attached hydrogens (tertiary/aromatic N) is 2. The first-order valence-corrected chi connectivity index (χ1v) is 16.8. The summed E-state index contributed by atoms with van der Waals surface area (Å²) in [6.07, 6.45) is 7.86. The van der Waals surface area contributed by atoms with E-state index in [0.717, 1.165) is 35.3 Å². The van der Waals surface area contributed by atoms with Crippen LogP contribution in [0.2, 0.25) is 0 Å². The molecule has 1 saturated heterocycles. The molecule has 12 nitrogen and oxygen atoms in total. The smallest absolute Gasteiger partial charge is 0.252 e. The molecule has 264 valence electrons. The van der Waals surface area contributed by atoms with Gasteiger partial charge in [-0.1, -0.05) is 61.9 Å². The lowest BCUT2D eigenvalue weighted by molar-refractivity contribution is -0.135. The zero-order valence-electron chi connectivity index (χ0n) is 28.6. The zero-order chi connectivity index (χ0) is 35.6. The van der Waals surface area contributed by atoms with E-state index in [1.165, 1.54) is 13.2 Å². The summed E-state index contributed by atoms with van der Waals surface area (Å²) in [5.74, 6) is -1.78. The first-order valence-electron chi connectivity index (χ1n) is 16.8. The van der Waals surface area contributed by atoms with Crippen molar-refractivity contribution in [3.63, 3.8) is 0 Å². The lowest BCUT2D eigenvalue weighted by atomic mass is 9.94. The molecule has 3 unspecified atom stereocenters. The van der Waals surface area contributed by atoms with E-state index >= 15 is 0 Å². The SMILES string of the molecule is C/C=C\C(=O)N(C=O)CCCCCC(=O)NCc1ccc(NC(=O)[C@H](Cc2ccccc2)NC(=O)C(C)C(OC)C2CCCN2C=O)cc1. The summed E-state index contributed by atoms with van der Waals surface area (Å²) >= 11 is 0. The van der Waals surface area contributed by atoms with Crippen molar-refractivity contribution in [1.29, 1.82) is 0 Å². The van der Waals surface area contributed by atoms with Gasteiger partial charge in [-0.2, -0.15) is 0 Å². The average Bonchev–Trinajstić information content (AvgIpc) is 3.58. The number of methoxy groups -OCH3 is 1. The molecule has 3 rings (SSSR count). The fraction of sp³-hybridized carbons (Fsp3) is 0.459. The number of nitrogens with one attached hydrogen (secondary N) is 3. The van der Waals surface area contributed by atoms with E-state index in [-0.39, 0.29) is 36.1 Å². The molecule has 49 heavy (non-hydrogen) atoms. The zero-order valence-corrected chi connectivity index (χ0v) is 28.6. The number of amides is 6. The number of likely N-dealkylation sites (tertiary alicyclic amines) is 1. The highest BCUT2D eigenvalue weighted by Crippen LogP contribution is 2.25. The molecule has 1 fully saturated rings. The number of hydrogen-bond acceptors (Lipinski definition) is 7. The van der Waals surface area contributed by atoms with Crippen LogP contribution in [0.5, 0.6) is 0 Å². The molecule has 3 N–H and O–H groups in total. The predicted molar refractivity (Wildman–Crippen MR) is 186 cm³/mol. The maximum absolute atomic E-state index is 13.5. The van der Waals surface area contributed by atoms with Crippen molar-refractivity contribution in [2.75, 3.05) is 25.5 Å². The van der Waals surface area contributed by atoms with Crippen molar-refractivity contribution >= 4 is 42.1 Å². The van der Waals surface area contributed by atoms with E-state index < -0.39 is 18.1 Å². The van der Waals surface area contributed by atoms with Gasteiger partial charge in [0.1, 0.15) is 6.04 Å². The molecule has 2 aromatic carbocycles. The third-order valence-corrected chi connectivity index (χ3v) is 8.68. The molecule has 1 aliphatic heterocycles. The van der Waals surface area contributed by atoms with E-state index in [2.05, 4.69) is 16.0 Å². The Bertz CT molecular complexity index is 1420. The van der Waals surface area contributed by atoms with Gasteiger partial charge in [0.2, 0.25) is 30.5 Å². The van der Waals surface area contributed by atoms with Gasteiger partial charge in [0.05, 0.1) is 18.1 Å². The topological polar surface area (TPSA) is 154 Å². The summed E-state index contributed by atoms with van der Waals surface area (Å²) in [5.41, 5.74) is 2.27. The van der Waals surface area contributed by atoms with Gasteiger partial charge in [0.25, 0.3) is 5.91 Å². The van der Waals surface area contributed by atoms with Crippen LogP contribution < -0.4 is 16.0 Å². The standard InChI is InChI=1S/C37H49N5O7/c1-4-12-34(46)42(26-44)21-10-6-9-16-33(45)38-24-29-17-19-30(20-18-29)39-37(48)31(23-28-13-7-5-8-14-28)40-36(47)27(2)35(49-3)32-15-11-22-41(32)25-43/h4-5,7-8,12-14,17-20,25-27,31-32,35H,6,9-11,15-16,21-24H2,1-3H3,(H,38,45)(H,39,48)(H,40,47)/b12-4-/t27?,31-,32?,35?/m0/s1. The molecule has 2 aromatic rings. The molecule has 0 spiro atoms. The largest absolute Gasteiger partial charge is 0.378 e. The van der Waals surface area contributed by atoms with Gasteiger partial charge < -0.3 is 25.6 Å². The maximum atomic E-state index is 13.5. The molecule has 0 bridgehead atoms. The molecule has 1 heterocycles. The molecular formula is C37H49N5O7. The lowest BCUT2D eigenvalue weighted by Crippen LogP contribution is -2.52. The van der Waals surface area contributed by atoms with Crippen molar-refractivity contribution in [2.45, 2.75) is 83.5 Å². The van der Waals surface area contributed by atoms with Crippen LogP contribution in [0.4, 0.5) is 5.69 Å². The quantitative estimate of drug-likeness (QED) is 0.111. The second-order valence-electron chi connectivity index (χ2n) is 12.2. The summed E-state index contributed by atoms with van der Waals surface area (Å²) in [5, 5.41) is 8.71. The third-order valence-electron chi connectivity index (χ3n) is 8.68. The molecule has 1 aliphatic rings. The Morgan fingerprint density at radius 1 is 0.980 bits per heavy atom. The Morgan fingerprint density at radius 3 is 2.37 bits per heavy atom. The number of carbonyl (C=O) groups is 6. The van der Waals surface area contributed by atoms with Crippen molar-refractivity contribution in [3.05, 3.63) is 77.9 Å². The number of unbranched alkanes of at least 4 members (excludes halogenated alkanes) is 2. The van der Waals surface area contributed by atoms with Crippen molar-refractivity contribution in [1.82, 2.24) is 20.4 Å². The molecular weight excluding hydrogens is 626 g/mol. The Kier molecular flexibility index (Phi) is 16.2. The van der Waals surface area contributed by atoms with Crippen LogP contribution >= 0.6 is 0 Å². The highest BCUT2D eigenvalue weighted by atomic mass is 16.5. The number of anilines is 1. The van der Waals surface area contributed by atoms with Crippen LogP contribution in [0, 0.1) is 5.92 Å². The van der Waals surface area contributed by atoms with E-state index in [1.807, 2.05) is 42.5 Å². The highest BCUT2D eigenvalue weighted by molar-refractivity contribution is 5.97. The molecule has 0 saturated carbocycles. The molecule has 6 amide bonds. The van der Waals surface area contributed by atoms with Gasteiger partial charge in [-0.15, -0.1) is 0 Å². The fourth-order valence-electron chi connectivity index (χ4n) is 5.93. The fourth-order valence-corrected chi connectivity index (χ4v) is 5.93. The number of rotatable bonds is 20. The number of benzene rings is 2. The Hall–Kier alpha value is -4.84. The van der Waals surface area contributed by atoms with Gasteiger partial charge in [0, 0.05) is 45.3 Å². The summed E-state index contributed by atoms with van der Waals surface area (Å²) in [6, 6.07) is 15.5. The Labute approximate surface area is 288 Å². The Morgan fingerprint density at radius 2 is 1.71 bits per heavy atom. The van der Waals surface area contributed by atoms with Gasteiger partial charge in [-0.25, -0.2) is 0 Å². The average molecular weight is 676 g/mol. The molecule has 0 radical (unpaired) electrons. The first kappa shape index (κ1) is 38.6. The van der Waals surface area contributed by atoms with Crippen molar-refractivity contribution in [3.8, 4) is 0 Å². The Balaban J connectivity index is 1.52. The second kappa shape index (κ2) is 20.5. The van der Waals surface area contributed by atoms with E-state index in [9.17, 15) is 28.8 Å². The lowest BCUT2D eigenvalue weighted by Gasteiger charge is -2.32.